The van der Waals surface area contributed by atoms with Gasteiger partial charge < -0.3 is 4.90 Å². The number of thiazole rings is 1. The highest BCUT2D eigenvalue weighted by atomic mass is 32.1. The van der Waals surface area contributed by atoms with Crippen LogP contribution in [0.1, 0.15) is 29.5 Å². The Morgan fingerprint density at radius 3 is 2.74 bits per heavy atom. The zero-order valence-electron chi connectivity index (χ0n) is 14.4. The van der Waals surface area contributed by atoms with Gasteiger partial charge in [-0.2, -0.15) is 0 Å². The van der Waals surface area contributed by atoms with Gasteiger partial charge in [-0.25, -0.2) is 4.98 Å². The van der Waals surface area contributed by atoms with E-state index in [0.29, 0.717) is 6.54 Å². The summed E-state index contributed by atoms with van der Waals surface area (Å²) in [4.78, 5) is 29.5. The molecule has 136 valence electrons. The molecule has 2 heterocycles. The van der Waals surface area contributed by atoms with Crippen molar-refractivity contribution in [3.63, 3.8) is 0 Å². The molecule has 1 aromatic heterocycles. The summed E-state index contributed by atoms with van der Waals surface area (Å²) in [5.74, 6) is -0.0601. The van der Waals surface area contributed by atoms with Crippen molar-refractivity contribution in [2.45, 2.75) is 18.9 Å². The van der Waals surface area contributed by atoms with Gasteiger partial charge in [0.15, 0.2) is 0 Å². The lowest BCUT2D eigenvalue weighted by Gasteiger charge is -2.21. The lowest BCUT2D eigenvalue weighted by Crippen LogP contribution is -2.28. The predicted molar refractivity (Wildman–Crippen MR) is 105 cm³/mol. The Hall–Kier alpha value is -3.06. The minimum absolute atomic E-state index is 0.0106. The van der Waals surface area contributed by atoms with E-state index in [2.05, 4.69) is 0 Å². The van der Waals surface area contributed by atoms with Crippen molar-refractivity contribution in [3.05, 3.63) is 75.3 Å². The van der Waals surface area contributed by atoms with Gasteiger partial charge in [-0.1, -0.05) is 12.1 Å². The monoisotopic (exact) mass is 379 g/mol. The highest BCUT2D eigenvalue weighted by Crippen LogP contribution is 2.36. The number of nitrogens with zero attached hydrogens (tertiary/aromatic N) is 3. The second kappa shape index (κ2) is 7.28. The molecule has 1 fully saturated rings. The van der Waals surface area contributed by atoms with Gasteiger partial charge in [0.2, 0.25) is 5.91 Å². The highest BCUT2D eigenvalue weighted by molar-refractivity contribution is 7.18. The van der Waals surface area contributed by atoms with Crippen molar-refractivity contribution in [1.82, 2.24) is 9.88 Å². The number of carbonyl (C=O) groups is 1. The molecule has 7 heteroatoms. The van der Waals surface area contributed by atoms with Gasteiger partial charge in [-0.05, 0) is 48.7 Å². The SMILES string of the molecule is O=C(/C=C/c1ccc([N+](=O)[O-])cc1)N1CCCC1c1nc2ccccc2s1. The first-order valence-corrected chi connectivity index (χ1v) is 9.52. The number of rotatable bonds is 4. The molecule has 0 spiro atoms. The molecular formula is C20H17N3O3S. The molecule has 1 aliphatic rings. The summed E-state index contributed by atoms with van der Waals surface area (Å²) in [5.41, 5.74) is 1.76. The van der Waals surface area contributed by atoms with E-state index >= 15 is 0 Å². The molecule has 1 unspecified atom stereocenters. The number of carbonyl (C=O) groups excluding carboxylic acids is 1. The number of benzene rings is 2. The fourth-order valence-corrected chi connectivity index (χ4v) is 4.41. The van der Waals surface area contributed by atoms with Crippen molar-refractivity contribution in [2.24, 2.45) is 0 Å². The van der Waals surface area contributed by atoms with Crippen LogP contribution in [0.25, 0.3) is 16.3 Å². The number of hydrogen-bond acceptors (Lipinski definition) is 5. The number of aromatic nitrogens is 1. The van der Waals surface area contributed by atoms with Crippen LogP contribution >= 0.6 is 11.3 Å². The first kappa shape index (κ1) is 17.4. The lowest BCUT2D eigenvalue weighted by molar-refractivity contribution is -0.384. The summed E-state index contributed by atoms with van der Waals surface area (Å²) in [5, 5.41) is 11.7. The van der Waals surface area contributed by atoms with Crippen LogP contribution in [0.2, 0.25) is 0 Å². The molecule has 0 saturated carbocycles. The summed E-state index contributed by atoms with van der Waals surface area (Å²) in [6, 6.07) is 14.2. The van der Waals surface area contributed by atoms with E-state index in [-0.39, 0.29) is 17.6 Å². The van der Waals surface area contributed by atoms with E-state index in [1.165, 1.54) is 18.2 Å². The number of hydrogen-bond donors (Lipinski definition) is 0. The van der Waals surface area contributed by atoms with E-state index in [0.717, 1.165) is 33.6 Å². The van der Waals surface area contributed by atoms with Crippen LogP contribution in [-0.4, -0.2) is 27.3 Å². The summed E-state index contributed by atoms with van der Waals surface area (Å²) < 4.78 is 1.13. The van der Waals surface area contributed by atoms with Crippen molar-refractivity contribution >= 4 is 39.2 Å². The molecule has 1 amide bonds. The molecule has 27 heavy (non-hydrogen) atoms. The van der Waals surface area contributed by atoms with Crippen LogP contribution in [-0.2, 0) is 4.79 Å². The molecule has 1 atom stereocenters. The molecule has 2 aromatic carbocycles. The van der Waals surface area contributed by atoms with E-state index in [1.54, 1.807) is 29.5 Å². The maximum Gasteiger partial charge on any atom is 0.269 e. The Morgan fingerprint density at radius 1 is 1.22 bits per heavy atom. The summed E-state index contributed by atoms with van der Waals surface area (Å²) in [6.45, 7) is 0.712. The molecule has 0 aliphatic carbocycles. The van der Waals surface area contributed by atoms with E-state index in [1.807, 2.05) is 29.2 Å². The van der Waals surface area contributed by atoms with Gasteiger partial charge in [0.1, 0.15) is 5.01 Å². The zero-order chi connectivity index (χ0) is 18.8. The van der Waals surface area contributed by atoms with Crippen LogP contribution in [0.4, 0.5) is 5.69 Å². The highest BCUT2D eigenvalue weighted by Gasteiger charge is 2.31. The average Bonchev–Trinajstić information content (AvgIpc) is 3.32. The smallest absolute Gasteiger partial charge is 0.269 e. The maximum atomic E-state index is 12.7. The van der Waals surface area contributed by atoms with E-state index in [4.69, 9.17) is 4.98 Å². The van der Waals surface area contributed by atoms with Gasteiger partial charge in [0, 0.05) is 24.8 Å². The zero-order valence-corrected chi connectivity index (χ0v) is 15.3. The maximum absolute atomic E-state index is 12.7. The number of fused-ring (bicyclic) bond motifs is 1. The molecule has 3 aromatic rings. The average molecular weight is 379 g/mol. The molecule has 0 bridgehead atoms. The Balaban J connectivity index is 1.51. The largest absolute Gasteiger partial charge is 0.330 e. The summed E-state index contributed by atoms with van der Waals surface area (Å²) in [6.07, 6.45) is 5.10. The molecular weight excluding hydrogens is 362 g/mol. The van der Waals surface area contributed by atoms with Crippen LogP contribution in [0.5, 0.6) is 0 Å². The predicted octanol–water partition coefficient (Wildman–Crippen LogP) is 4.58. The quantitative estimate of drug-likeness (QED) is 0.378. The number of amides is 1. The Labute approximate surface area is 159 Å². The molecule has 6 nitrogen and oxygen atoms in total. The van der Waals surface area contributed by atoms with Crippen molar-refractivity contribution in [1.29, 1.82) is 0 Å². The topological polar surface area (TPSA) is 76.3 Å². The van der Waals surface area contributed by atoms with Crippen molar-refractivity contribution in [3.8, 4) is 0 Å². The number of para-hydroxylation sites is 1. The van der Waals surface area contributed by atoms with Gasteiger partial charge in [-0.3, -0.25) is 14.9 Å². The third-order valence-electron chi connectivity index (χ3n) is 4.65. The Morgan fingerprint density at radius 2 is 2.00 bits per heavy atom. The molecule has 0 radical (unpaired) electrons. The normalized spacial score (nSPS) is 17.0. The van der Waals surface area contributed by atoms with Gasteiger partial charge in [0.25, 0.3) is 5.69 Å². The summed E-state index contributed by atoms with van der Waals surface area (Å²) in [7, 11) is 0. The van der Waals surface area contributed by atoms with Crippen LogP contribution in [0, 0.1) is 10.1 Å². The fourth-order valence-electron chi connectivity index (χ4n) is 3.29. The van der Waals surface area contributed by atoms with E-state index < -0.39 is 4.92 Å². The second-order valence-electron chi connectivity index (χ2n) is 6.39. The molecule has 1 saturated heterocycles. The van der Waals surface area contributed by atoms with Gasteiger partial charge in [0.05, 0.1) is 21.2 Å². The van der Waals surface area contributed by atoms with Crippen LogP contribution in [0.3, 0.4) is 0 Å². The summed E-state index contributed by atoms with van der Waals surface area (Å²) >= 11 is 1.64. The number of nitro benzene ring substituents is 1. The third kappa shape index (κ3) is 3.59. The van der Waals surface area contributed by atoms with Crippen molar-refractivity contribution in [2.75, 3.05) is 6.54 Å². The van der Waals surface area contributed by atoms with Crippen LogP contribution in [0.15, 0.2) is 54.6 Å². The standard InChI is InChI=1S/C20H17N3O3S/c24-19(12-9-14-7-10-15(11-8-14)23(25)26)22-13-3-5-17(22)20-21-16-4-1-2-6-18(16)27-20/h1-2,4,6-12,17H,3,5,13H2/b12-9+. The van der Waals surface area contributed by atoms with E-state index in [9.17, 15) is 14.9 Å². The lowest BCUT2D eigenvalue weighted by atomic mass is 10.2. The van der Waals surface area contributed by atoms with Crippen LogP contribution < -0.4 is 0 Å². The van der Waals surface area contributed by atoms with Gasteiger partial charge >= 0.3 is 0 Å². The first-order chi connectivity index (χ1) is 13.1. The van der Waals surface area contributed by atoms with Gasteiger partial charge in [-0.15, -0.1) is 11.3 Å². The Kier molecular flexibility index (Phi) is 4.68. The Bertz CT molecular complexity index is 993. The third-order valence-corrected chi connectivity index (χ3v) is 5.79. The number of nitro groups is 1. The minimum atomic E-state index is -0.439. The molecule has 4 rings (SSSR count). The number of likely N-dealkylation sites (tertiary alicyclic amines) is 1. The minimum Gasteiger partial charge on any atom is -0.330 e. The fraction of sp³-hybridized carbons (Fsp3) is 0.200. The molecule has 1 aliphatic heterocycles. The first-order valence-electron chi connectivity index (χ1n) is 8.70. The molecule has 0 N–H and O–H groups in total. The van der Waals surface area contributed by atoms with Crippen molar-refractivity contribution < 1.29 is 9.72 Å². The second-order valence-corrected chi connectivity index (χ2v) is 7.45. The number of non-ortho nitro benzene ring substituents is 1.